The van der Waals surface area contributed by atoms with Crippen LogP contribution < -0.4 is 4.90 Å². The minimum atomic E-state index is 0.676. The van der Waals surface area contributed by atoms with Crippen LogP contribution in [0.2, 0.25) is 0 Å². The Hall–Kier alpha value is -1.77. The van der Waals surface area contributed by atoms with Crippen molar-refractivity contribution in [1.82, 2.24) is 0 Å². The van der Waals surface area contributed by atoms with Crippen molar-refractivity contribution in [3.05, 3.63) is 43.0 Å². The fourth-order valence-electron chi connectivity index (χ4n) is 1.52. The lowest BCUT2D eigenvalue weighted by Crippen LogP contribution is -2.31. The SMILES string of the molecule is C=CCN(C1=NCCO1)c1ccccc1. The highest BCUT2D eigenvalue weighted by atomic mass is 16.5. The average Bonchev–Trinajstić information content (AvgIpc) is 2.80. The highest BCUT2D eigenvalue weighted by Gasteiger charge is 2.16. The molecule has 0 bridgehead atoms. The molecule has 0 N–H and O–H groups in total. The van der Waals surface area contributed by atoms with Crippen LogP contribution in [0.15, 0.2) is 48.0 Å². The summed E-state index contributed by atoms with van der Waals surface area (Å²) in [4.78, 5) is 6.32. The Bertz CT molecular complexity index is 359. The van der Waals surface area contributed by atoms with Crippen LogP contribution >= 0.6 is 0 Å². The van der Waals surface area contributed by atoms with Gasteiger partial charge in [-0.25, -0.2) is 4.99 Å². The lowest BCUT2D eigenvalue weighted by Gasteiger charge is -2.21. The third-order valence-corrected chi connectivity index (χ3v) is 2.18. The first kappa shape index (κ1) is 9.77. The van der Waals surface area contributed by atoms with E-state index in [-0.39, 0.29) is 0 Å². The summed E-state index contributed by atoms with van der Waals surface area (Å²) < 4.78 is 5.45. The first-order valence-electron chi connectivity index (χ1n) is 5.02. The summed E-state index contributed by atoms with van der Waals surface area (Å²) >= 11 is 0. The molecule has 0 saturated carbocycles. The molecule has 0 spiro atoms. The third-order valence-electron chi connectivity index (χ3n) is 2.18. The molecule has 1 aliphatic rings. The number of nitrogens with zero attached hydrogens (tertiary/aromatic N) is 2. The van der Waals surface area contributed by atoms with Crippen molar-refractivity contribution in [1.29, 1.82) is 0 Å². The molecule has 0 atom stereocenters. The third kappa shape index (κ3) is 2.18. The highest BCUT2D eigenvalue weighted by molar-refractivity contribution is 5.92. The fraction of sp³-hybridized carbons (Fsp3) is 0.250. The predicted molar refractivity (Wildman–Crippen MR) is 62.2 cm³/mol. The largest absolute Gasteiger partial charge is 0.463 e. The Morgan fingerprint density at radius 3 is 2.80 bits per heavy atom. The summed E-state index contributed by atoms with van der Waals surface area (Å²) in [6.07, 6.45) is 1.84. The molecule has 2 rings (SSSR count). The van der Waals surface area contributed by atoms with Gasteiger partial charge in [0, 0.05) is 12.2 Å². The molecule has 0 fully saturated rings. The van der Waals surface area contributed by atoms with Crippen molar-refractivity contribution in [2.75, 3.05) is 24.6 Å². The van der Waals surface area contributed by atoms with Gasteiger partial charge in [-0.1, -0.05) is 24.3 Å². The van der Waals surface area contributed by atoms with Crippen LogP contribution in [0.25, 0.3) is 0 Å². The van der Waals surface area contributed by atoms with Crippen LogP contribution in [0.1, 0.15) is 0 Å². The highest BCUT2D eigenvalue weighted by Crippen LogP contribution is 2.15. The molecule has 0 saturated heterocycles. The van der Waals surface area contributed by atoms with E-state index in [0.717, 1.165) is 12.2 Å². The number of para-hydroxylation sites is 1. The standard InChI is InChI=1S/C12H14N2O/c1-2-9-14(12-13-8-10-15-12)11-6-4-3-5-7-11/h2-7H,1,8-10H2. The number of rotatable bonds is 3. The van der Waals surface area contributed by atoms with Crippen LogP contribution in [-0.2, 0) is 4.74 Å². The number of amidine groups is 1. The van der Waals surface area contributed by atoms with E-state index in [4.69, 9.17) is 4.74 Å². The maximum absolute atomic E-state index is 5.45. The van der Waals surface area contributed by atoms with Gasteiger partial charge in [0.1, 0.15) is 6.61 Å². The quantitative estimate of drug-likeness (QED) is 0.701. The van der Waals surface area contributed by atoms with Crippen LogP contribution in [0.5, 0.6) is 0 Å². The lowest BCUT2D eigenvalue weighted by atomic mass is 10.3. The molecule has 0 unspecified atom stereocenters. The van der Waals surface area contributed by atoms with Crippen molar-refractivity contribution in [3.8, 4) is 0 Å². The van der Waals surface area contributed by atoms with Gasteiger partial charge in [0.15, 0.2) is 0 Å². The molecule has 0 aliphatic carbocycles. The lowest BCUT2D eigenvalue weighted by molar-refractivity contribution is 0.339. The summed E-state index contributed by atoms with van der Waals surface area (Å²) in [6.45, 7) is 5.88. The Balaban J connectivity index is 2.23. The Morgan fingerprint density at radius 2 is 2.20 bits per heavy atom. The van der Waals surface area contributed by atoms with Crippen molar-refractivity contribution >= 4 is 11.7 Å². The molecule has 0 amide bonds. The van der Waals surface area contributed by atoms with Crippen LogP contribution in [0, 0.1) is 0 Å². The van der Waals surface area contributed by atoms with Gasteiger partial charge in [-0.05, 0) is 12.1 Å². The van der Waals surface area contributed by atoms with Crippen LogP contribution in [0.4, 0.5) is 5.69 Å². The smallest absolute Gasteiger partial charge is 0.292 e. The maximum Gasteiger partial charge on any atom is 0.292 e. The summed E-state index contributed by atoms with van der Waals surface area (Å²) in [5.74, 6) is 0. The van der Waals surface area contributed by atoms with Crippen LogP contribution in [0.3, 0.4) is 0 Å². The molecule has 1 aromatic rings. The monoisotopic (exact) mass is 202 g/mol. The minimum Gasteiger partial charge on any atom is -0.463 e. The topological polar surface area (TPSA) is 24.8 Å². The summed E-state index contributed by atoms with van der Waals surface area (Å²) in [5, 5.41) is 0. The summed E-state index contributed by atoms with van der Waals surface area (Å²) in [6, 6.07) is 10.8. The number of anilines is 1. The molecule has 3 nitrogen and oxygen atoms in total. The molecule has 15 heavy (non-hydrogen) atoms. The Labute approximate surface area is 89.7 Å². The van der Waals surface area contributed by atoms with E-state index in [2.05, 4.69) is 11.6 Å². The number of hydrogen-bond acceptors (Lipinski definition) is 3. The van der Waals surface area contributed by atoms with Gasteiger partial charge in [0.25, 0.3) is 6.02 Å². The van der Waals surface area contributed by atoms with E-state index in [1.54, 1.807) is 0 Å². The molecule has 0 aromatic heterocycles. The number of benzene rings is 1. The van der Waals surface area contributed by atoms with E-state index in [1.165, 1.54) is 0 Å². The van der Waals surface area contributed by atoms with E-state index in [0.29, 0.717) is 19.2 Å². The second kappa shape index (κ2) is 4.64. The molecule has 0 radical (unpaired) electrons. The predicted octanol–water partition coefficient (Wildman–Crippen LogP) is 2.07. The number of hydrogen-bond donors (Lipinski definition) is 0. The van der Waals surface area contributed by atoms with Gasteiger partial charge in [0.2, 0.25) is 0 Å². The van der Waals surface area contributed by atoms with Gasteiger partial charge in [0.05, 0.1) is 6.54 Å². The molecular formula is C12H14N2O. The normalized spacial score (nSPS) is 14.3. The molecule has 1 aliphatic heterocycles. The summed E-state index contributed by atoms with van der Waals surface area (Å²) in [5.41, 5.74) is 1.08. The molecule has 78 valence electrons. The Kier molecular flexibility index (Phi) is 3.02. The van der Waals surface area contributed by atoms with Crippen molar-refractivity contribution in [2.45, 2.75) is 0 Å². The van der Waals surface area contributed by atoms with Crippen molar-refractivity contribution in [3.63, 3.8) is 0 Å². The second-order valence-corrected chi connectivity index (χ2v) is 3.25. The van der Waals surface area contributed by atoms with Crippen molar-refractivity contribution < 1.29 is 4.74 Å². The number of ether oxygens (including phenoxy) is 1. The zero-order valence-electron chi connectivity index (χ0n) is 8.60. The molecule has 3 heteroatoms. The molecule has 1 aromatic carbocycles. The zero-order valence-corrected chi connectivity index (χ0v) is 8.60. The van der Waals surface area contributed by atoms with E-state index >= 15 is 0 Å². The minimum absolute atomic E-state index is 0.676. The zero-order chi connectivity index (χ0) is 10.5. The molecule has 1 heterocycles. The fourth-order valence-corrected chi connectivity index (χ4v) is 1.52. The van der Waals surface area contributed by atoms with E-state index < -0.39 is 0 Å². The van der Waals surface area contributed by atoms with Crippen LogP contribution in [-0.4, -0.2) is 25.7 Å². The van der Waals surface area contributed by atoms with Gasteiger partial charge in [-0.15, -0.1) is 6.58 Å². The van der Waals surface area contributed by atoms with Gasteiger partial charge < -0.3 is 4.74 Å². The van der Waals surface area contributed by atoms with E-state index in [1.807, 2.05) is 41.3 Å². The van der Waals surface area contributed by atoms with Gasteiger partial charge in [-0.2, -0.15) is 0 Å². The van der Waals surface area contributed by atoms with Gasteiger partial charge >= 0.3 is 0 Å². The first-order valence-corrected chi connectivity index (χ1v) is 5.02. The first-order chi connectivity index (χ1) is 7.42. The van der Waals surface area contributed by atoms with Gasteiger partial charge in [-0.3, -0.25) is 4.90 Å². The maximum atomic E-state index is 5.45. The Morgan fingerprint density at radius 1 is 1.40 bits per heavy atom. The average molecular weight is 202 g/mol. The molecular weight excluding hydrogens is 188 g/mol. The van der Waals surface area contributed by atoms with E-state index in [9.17, 15) is 0 Å². The number of aliphatic imine (C=N–C) groups is 1. The van der Waals surface area contributed by atoms with Crippen molar-refractivity contribution in [2.24, 2.45) is 4.99 Å². The second-order valence-electron chi connectivity index (χ2n) is 3.25. The summed E-state index contributed by atoms with van der Waals surface area (Å²) in [7, 11) is 0.